The Morgan fingerprint density at radius 1 is 1.23 bits per heavy atom. The minimum Gasteiger partial charge on any atom is -0.383 e. The second-order valence-electron chi connectivity index (χ2n) is 7.77. The topological polar surface area (TPSA) is 115 Å². The zero-order valence-electron chi connectivity index (χ0n) is 17.3. The minimum absolute atomic E-state index is 0.0830. The Bertz CT molecular complexity index is 1300. The summed E-state index contributed by atoms with van der Waals surface area (Å²) in [5.41, 5.74) is 9.75. The first-order valence-electron chi connectivity index (χ1n) is 10.0. The summed E-state index contributed by atoms with van der Waals surface area (Å²) in [5.74, 6) is 1.16. The number of anilines is 3. The Morgan fingerprint density at radius 3 is 2.87 bits per heavy atom. The highest BCUT2D eigenvalue weighted by Gasteiger charge is 2.31. The molecule has 0 unspecified atom stereocenters. The third kappa shape index (κ3) is 3.43. The smallest absolute Gasteiger partial charge is 0.247 e. The first-order valence-corrected chi connectivity index (χ1v) is 10.0. The van der Waals surface area contributed by atoms with Gasteiger partial charge in [0.05, 0.1) is 17.6 Å². The Kier molecular flexibility index (Phi) is 4.50. The van der Waals surface area contributed by atoms with E-state index in [9.17, 15) is 4.79 Å². The lowest BCUT2D eigenvalue weighted by molar-refractivity contribution is -0.129. The predicted octanol–water partition coefficient (Wildman–Crippen LogP) is 2.93. The van der Waals surface area contributed by atoms with Gasteiger partial charge in [-0.1, -0.05) is 0 Å². The van der Waals surface area contributed by atoms with E-state index in [4.69, 9.17) is 5.73 Å². The molecule has 1 amide bonds. The fourth-order valence-electron chi connectivity index (χ4n) is 3.88. The van der Waals surface area contributed by atoms with E-state index in [0.717, 1.165) is 46.2 Å². The third-order valence-corrected chi connectivity index (χ3v) is 5.65. The lowest BCUT2D eigenvalue weighted by Gasteiger charge is -2.10. The molecule has 0 aliphatic carbocycles. The Morgan fingerprint density at radius 2 is 2.10 bits per heavy atom. The summed E-state index contributed by atoms with van der Waals surface area (Å²) in [7, 11) is 1.81. The zero-order chi connectivity index (χ0) is 21.5. The van der Waals surface area contributed by atoms with Crippen LogP contribution in [-0.4, -0.2) is 49.1 Å². The lowest BCUT2D eigenvalue weighted by Crippen LogP contribution is -2.24. The van der Waals surface area contributed by atoms with Crippen molar-refractivity contribution >= 4 is 34.0 Å². The molecule has 1 aliphatic rings. The number of hydrogen-bond donors (Lipinski definition) is 2. The van der Waals surface area contributed by atoms with Crippen molar-refractivity contribution in [2.45, 2.75) is 19.4 Å². The second kappa shape index (κ2) is 7.35. The standard InChI is InChI=1S/C22H22N8O/c1-13-3-5-24-10-16(13)18-7-14-8-20(25-11-17(14)21(23)28-18)27-15-9-26-30(12-15)19-4-6-29(2)22(19)31/h3,5,7-12,19H,4,6H2,1-2H3,(H2,23,28)(H,25,27)/t19-/m1/s1. The van der Waals surface area contributed by atoms with Gasteiger partial charge in [0.2, 0.25) is 5.91 Å². The van der Waals surface area contributed by atoms with Crippen molar-refractivity contribution in [1.29, 1.82) is 0 Å². The van der Waals surface area contributed by atoms with E-state index in [2.05, 4.69) is 25.4 Å². The van der Waals surface area contributed by atoms with Crippen LogP contribution in [0.15, 0.2) is 49.2 Å². The van der Waals surface area contributed by atoms with Crippen molar-refractivity contribution in [3.8, 4) is 11.3 Å². The summed E-state index contributed by atoms with van der Waals surface area (Å²) in [6, 6.07) is 5.61. The highest BCUT2D eigenvalue weighted by Crippen LogP contribution is 2.29. The molecule has 0 aromatic carbocycles. The van der Waals surface area contributed by atoms with Gasteiger partial charge in [0.15, 0.2) is 0 Å². The van der Waals surface area contributed by atoms with E-state index in [1.165, 1.54) is 0 Å². The molecule has 1 atom stereocenters. The average Bonchev–Trinajstić information content (AvgIpc) is 3.34. The first-order chi connectivity index (χ1) is 15.0. The molecular formula is C22H22N8O. The number of rotatable bonds is 4. The summed E-state index contributed by atoms with van der Waals surface area (Å²) in [6.45, 7) is 2.76. The van der Waals surface area contributed by atoms with Crippen LogP contribution in [0.4, 0.5) is 17.3 Å². The number of carbonyl (C=O) groups excluding carboxylic acids is 1. The molecule has 0 saturated carbocycles. The maximum absolute atomic E-state index is 12.2. The van der Waals surface area contributed by atoms with Gasteiger partial charge in [-0.2, -0.15) is 5.10 Å². The number of aromatic nitrogens is 5. The van der Waals surface area contributed by atoms with Crippen molar-refractivity contribution < 1.29 is 4.79 Å². The molecule has 1 aliphatic heterocycles. The van der Waals surface area contributed by atoms with E-state index in [-0.39, 0.29) is 11.9 Å². The normalized spacial score (nSPS) is 16.3. The number of nitrogens with one attached hydrogen (secondary N) is 1. The molecule has 5 heterocycles. The van der Waals surface area contributed by atoms with Gasteiger partial charge in [0.25, 0.3) is 0 Å². The maximum atomic E-state index is 12.2. The van der Waals surface area contributed by atoms with E-state index in [1.807, 2.05) is 38.4 Å². The molecule has 1 fully saturated rings. The number of nitrogens with two attached hydrogens (primary N) is 1. The molecular weight excluding hydrogens is 392 g/mol. The van der Waals surface area contributed by atoms with Crippen LogP contribution in [0.5, 0.6) is 0 Å². The molecule has 0 spiro atoms. The fourth-order valence-corrected chi connectivity index (χ4v) is 3.88. The summed E-state index contributed by atoms with van der Waals surface area (Å²) < 4.78 is 1.71. The average molecular weight is 414 g/mol. The van der Waals surface area contributed by atoms with Crippen LogP contribution >= 0.6 is 0 Å². The molecule has 1 saturated heterocycles. The van der Waals surface area contributed by atoms with E-state index < -0.39 is 0 Å². The number of nitrogens with zero attached hydrogens (tertiary/aromatic N) is 6. The van der Waals surface area contributed by atoms with Crippen LogP contribution in [0, 0.1) is 6.92 Å². The number of fused-ring (bicyclic) bond motifs is 1. The number of hydrogen-bond acceptors (Lipinski definition) is 7. The van der Waals surface area contributed by atoms with Gasteiger partial charge in [-0.3, -0.25) is 14.5 Å². The van der Waals surface area contributed by atoms with Gasteiger partial charge in [-0.15, -0.1) is 0 Å². The van der Waals surface area contributed by atoms with Crippen molar-refractivity contribution in [1.82, 2.24) is 29.6 Å². The molecule has 4 aromatic heterocycles. The van der Waals surface area contributed by atoms with E-state index in [0.29, 0.717) is 11.6 Å². The van der Waals surface area contributed by atoms with Crippen molar-refractivity contribution in [2.24, 2.45) is 0 Å². The Balaban J connectivity index is 1.45. The number of carbonyl (C=O) groups is 1. The maximum Gasteiger partial charge on any atom is 0.247 e. The Labute approximate surface area is 178 Å². The third-order valence-electron chi connectivity index (χ3n) is 5.65. The van der Waals surface area contributed by atoms with Crippen molar-refractivity contribution in [3.05, 3.63) is 54.7 Å². The predicted molar refractivity (Wildman–Crippen MR) is 119 cm³/mol. The summed E-state index contributed by atoms with van der Waals surface area (Å²) in [4.78, 5) is 27.2. The lowest BCUT2D eigenvalue weighted by atomic mass is 10.1. The molecule has 5 rings (SSSR count). The molecule has 0 bridgehead atoms. The van der Waals surface area contributed by atoms with Crippen molar-refractivity contribution in [2.75, 3.05) is 24.6 Å². The van der Waals surface area contributed by atoms with Gasteiger partial charge in [-0.25, -0.2) is 9.97 Å². The molecule has 156 valence electrons. The molecule has 9 nitrogen and oxygen atoms in total. The van der Waals surface area contributed by atoms with Gasteiger partial charge >= 0.3 is 0 Å². The highest BCUT2D eigenvalue weighted by atomic mass is 16.2. The van der Waals surface area contributed by atoms with E-state index in [1.54, 1.807) is 34.4 Å². The summed E-state index contributed by atoms with van der Waals surface area (Å²) >= 11 is 0. The molecule has 3 N–H and O–H groups in total. The monoisotopic (exact) mass is 414 g/mol. The first kappa shape index (κ1) is 19.0. The molecule has 9 heteroatoms. The van der Waals surface area contributed by atoms with Gasteiger partial charge in [0.1, 0.15) is 17.7 Å². The van der Waals surface area contributed by atoms with E-state index >= 15 is 0 Å². The summed E-state index contributed by atoms with van der Waals surface area (Å²) in [6.07, 6.45) is 9.54. The molecule has 4 aromatic rings. The van der Waals surface area contributed by atoms with Gasteiger partial charge in [0, 0.05) is 49.3 Å². The van der Waals surface area contributed by atoms with Crippen molar-refractivity contribution in [3.63, 3.8) is 0 Å². The zero-order valence-corrected chi connectivity index (χ0v) is 17.3. The van der Waals surface area contributed by atoms with Crippen LogP contribution in [0.3, 0.4) is 0 Å². The minimum atomic E-state index is -0.249. The largest absolute Gasteiger partial charge is 0.383 e. The second-order valence-corrected chi connectivity index (χ2v) is 7.77. The van der Waals surface area contributed by atoms with Gasteiger partial charge < -0.3 is 16.0 Å². The number of aryl methyl sites for hydroxylation is 1. The van der Waals surface area contributed by atoms with Crippen LogP contribution < -0.4 is 11.1 Å². The highest BCUT2D eigenvalue weighted by molar-refractivity contribution is 5.94. The number of amides is 1. The molecule has 0 radical (unpaired) electrons. The fraction of sp³-hybridized carbons (Fsp3) is 0.227. The number of likely N-dealkylation sites (tertiary alicyclic amines) is 1. The number of nitrogen functional groups attached to an aromatic ring is 1. The summed E-state index contributed by atoms with van der Waals surface area (Å²) in [5, 5.41) is 9.33. The Hall–Kier alpha value is -4.01. The van der Waals surface area contributed by atoms with Crippen LogP contribution in [0.2, 0.25) is 0 Å². The van der Waals surface area contributed by atoms with Crippen LogP contribution in [0.25, 0.3) is 22.0 Å². The molecule has 31 heavy (non-hydrogen) atoms. The SMILES string of the molecule is Cc1ccncc1-c1cc2cc(Nc3cnn([C@@H]4CCN(C)C4=O)c3)ncc2c(N)n1. The number of pyridine rings is 3. The number of likely N-dealkylation sites (N-methyl/N-ethyl adjacent to an activating group) is 1. The quantitative estimate of drug-likeness (QED) is 0.527. The van der Waals surface area contributed by atoms with Crippen LogP contribution in [-0.2, 0) is 4.79 Å². The van der Waals surface area contributed by atoms with Crippen LogP contribution in [0.1, 0.15) is 18.0 Å². The van der Waals surface area contributed by atoms with Gasteiger partial charge in [-0.05, 0) is 42.5 Å².